The third-order valence-corrected chi connectivity index (χ3v) is 4.23. The number of carbonyl (C=O) groups excluding carboxylic acids is 1. The van der Waals surface area contributed by atoms with Gasteiger partial charge in [-0.3, -0.25) is 4.79 Å². The van der Waals surface area contributed by atoms with Crippen molar-refractivity contribution in [2.75, 3.05) is 0 Å². The van der Waals surface area contributed by atoms with Crippen molar-refractivity contribution in [3.8, 4) is 17.4 Å². The van der Waals surface area contributed by atoms with Crippen LogP contribution in [0.2, 0.25) is 0 Å². The van der Waals surface area contributed by atoms with Gasteiger partial charge < -0.3 is 9.26 Å². The van der Waals surface area contributed by atoms with E-state index in [4.69, 9.17) is 14.5 Å². The molecular weight excluding hydrogens is 347 g/mol. The van der Waals surface area contributed by atoms with Gasteiger partial charge in [-0.15, -0.1) is 0 Å². The molecule has 0 spiro atoms. The molecule has 1 aromatic heterocycles. The van der Waals surface area contributed by atoms with Crippen molar-refractivity contribution in [3.05, 3.63) is 76.7 Å². The van der Waals surface area contributed by atoms with Crippen LogP contribution >= 0.6 is 0 Å². The van der Waals surface area contributed by atoms with Gasteiger partial charge in [0.05, 0.1) is 23.7 Å². The predicted octanol–water partition coefficient (Wildman–Crippen LogP) is 4.51. The van der Waals surface area contributed by atoms with Gasteiger partial charge in [0.2, 0.25) is 0 Å². The number of hydrogen-bond acceptors (Lipinski definition) is 5. The van der Waals surface area contributed by atoms with Gasteiger partial charge in [0.15, 0.2) is 5.76 Å². The fourth-order valence-electron chi connectivity index (χ4n) is 2.77. The highest BCUT2D eigenvalue weighted by Gasteiger charge is 2.21. The maximum Gasteiger partial charge on any atom is 0.311 e. The smallest absolute Gasteiger partial charge is 0.311 e. The molecule has 0 aliphatic carbocycles. The minimum atomic E-state index is -0.711. The van der Waals surface area contributed by atoms with E-state index in [0.29, 0.717) is 33.7 Å². The van der Waals surface area contributed by atoms with E-state index in [1.54, 1.807) is 56.3 Å². The third-order valence-electron chi connectivity index (χ3n) is 4.23. The molecule has 0 saturated heterocycles. The number of nitriles is 1. The maximum absolute atomic E-state index is 13.8. The van der Waals surface area contributed by atoms with Crippen LogP contribution in [-0.2, 0) is 16.0 Å². The summed E-state index contributed by atoms with van der Waals surface area (Å²) in [5.41, 5.74) is 2.73. The van der Waals surface area contributed by atoms with Gasteiger partial charge in [-0.2, -0.15) is 5.26 Å². The highest BCUT2D eigenvalue weighted by Crippen LogP contribution is 2.28. The number of esters is 1. The Kier molecular flexibility index (Phi) is 5.32. The van der Waals surface area contributed by atoms with Crippen molar-refractivity contribution >= 4 is 5.97 Å². The topological polar surface area (TPSA) is 76.1 Å². The summed E-state index contributed by atoms with van der Waals surface area (Å²) in [7, 11) is 0. The third kappa shape index (κ3) is 4.04. The fraction of sp³-hybridized carbons (Fsp3) is 0.190. The first kappa shape index (κ1) is 18.3. The zero-order chi connectivity index (χ0) is 19.4. The van der Waals surface area contributed by atoms with E-state index in [1.165, 1.54) is 6.07 Å². The van der Waals surface area contributed by atoms with E-state index in [1.807, 2.05) is 6.07 Å². The monoisotopic (exact) mass is 364 g/mol. The molecule has 0 amide bonds. The van der Waals surface area contributed by atoms with Crippen LogP contribution in [0.5, 0.6) is 0 Å². The molecule has 2 aromatic carbocycles. The average molecular weight is 364 g/mol. The summed E-state index contributed by atoms with van der Waals surface area (Å²) in [4.78, 5) is 12.4. The quantitative estimate of drug-likeness (QED) is 0.623. The van der Waals surface area contributed by atoms with Crippen molar-refractivity contribution in [1.29, 1.82) is 5.26 Å². The highest BCUT2D eigenvalue weighted by atomic mass is 19.1. The number of ether oxygens (including phenoxy) is 1. The lowest BCUT2D eigenvalue weighted by Crippen LogP contribution is -2.13. The highest BCUT2D eigenvalue weighted by molar-refractivity contribution is 5.77. The molecule has 1 atom stereocenters. The average Bonchev–Trinajstić information content (AvgIpc) is 3.02. The second-order valence-corrected chi connectivity index (χ2v) is 6.10. The van der Waals surface area contributed by atoms with E-state index >= 15 is 0 Å². The number of hydrogen-bond donors (Lipinski definition) is 0. The van der Waals surface area contributed by atoms with Gasteiger partial charge in [-0.05, 0) is 44.2 Å². The van der Waals surface area contributed by atoms with Crippen molar-refractivity contribution in [3.63, 3.8) is 0 Å². The molecule has 0 unspecified atom stereocenters. The summed E-state index contributed by atoms with van der Waals surface area (Å²) < 4.78 is 24.6. The van der Waals surface area contributed by atoms with Crippen LogP contribution in [0.1, 0.15) is 35.4 Å². The van der Waals surface area contributed by atoms with Gasteiger partial charge in [0.1, 0.15) is 11.9 Å². The zero-order valence-electron chi connectivity index (χ0n) is 14.9. The number of aromatic nitrogens is 1. The van der Waals surface area contributed by atoms with Crippen molar-refractivity contribution in [2.24, 2.45) is 0 Å². The molecule has 0 fully saturated rings. The van der Waals surface area contributed by atoms with Crippen LogP contribution in [0.25, 0.3) is 11.3 Å². The van der Waals surface area contributed by atoms with Crippen LogP contribution in [0.4, 0.5) is 4.39 Å². The summed E-state index contributed by atoms with van der Waals surface area (Å²) in [6.45, 7) is 3.36. The Hall–Kier alpha value is -3.46. The summed E-state index contributed by atoms with van der Waals surface area (Å²) in [6, 6.07) is 15.0. The molecule has 0 saturated carbocycles. The van der Waals surface area contributed by atoms with Gasteiger partial charge in [-0.1, -0.05) is 23.4 Å². The molecule has 1 heterocycles. The number of rotatable bonds is 5. The Bertz CT molecular complexity index is 1000. The van der Waals surface area contributed by atoms with E-state index in [2.05, 4.69) is 5.16 Å². The van der Waals surface area contributed by atoms with E-state index < -0.39 is 17.9 Å². The number of carbonyl (C=O) groups is 1. The maximum atomic E-state index is 13.8. The number of aryl methyl sites for hydroxylation is 1. The molecular formula is C21H17FN2O3. The van der Waals surface area contributed by atoms with Gasteiger partial charge in [0, 0.05) is 16.7 Å². The zero-order valence-corrected chi connectivity index (χ0v) is 14.9. The normalized spacial score (nSPS) is 11.6. The first-order valence-electron chi connectivity index (χ1n) is 8.39. The molecule has 0 radical (unpaired) electrons. The lowest BCUT2D eigenvalue weighted by molar-refractivity contribution is -0.147. The number of benzene rings is 2. The minimum absolute atomic E-state index is 0.0521. The van der Waals surface area contributed by atoms with Crippen LogP contribution in [0.3, 0.4) is 0 Å². The summed E-state index contributed by atoms with van der Waals surface area (Å²) in [5.74, 6) is -0.475. The largest absolute Gasteiger partial charge is 0.457 e. The number of nitrogens with zero attached hydrogens (tertiary/aromatic N) is 2. The molecule has 0 N–H and O–H groups in total. The van der Waals surface area contributed by atoms with Crippen molar-refractivity contribution in [2.45, 2.75) is 26.4 Å². The van der Waals surface area contributed by atoms with Crippen LogP contribution in [-0.4, -0.2) is 11.1 Å². The first-order chi connectivity index (χ1) is 13.0. The molecule has 0 aliphatic rings. The molecule has 3 aromatic rings. The SMILES string of the molecule is Cc1noc(-c2ccc(C#N)cc2)c1CC(=O)O[C@H](C)c1ccccc1F. The molecule has 5 nitrogen and oxygen atoms in total. The van der Waals surface area contributed by atoms with Crippen molar-refractivity contribution in [1.82, 2.24) is 5.16 Å². The number of halogens is 1. The Morgan fingerprint density at radius 2 is 1.96 bits per heavy atom. The van der Waals surface area contributed by atoms with Gasteiger partial charge in [-0.25, -0.2) is 4.39 Å². The summed E-state index contributed by atoms with van der Waals surface area (Å²) in [5, 5.41) is 12.8. The van der Waals surface area contributed by atoms with Crippen LogP contribution in [0.15, 0.2) is 53.1 Å². The van der Waals surface area contributed by atoms with Crippen LogP contribution < -0.4 is 0 Å². The van der Waals surface area contributed by atoms with E-state index in [-0.39, 0.29) is 6.42 Å². The summed E-state index contributed by atoms with van der Waals surface area (Å²) >= 11 is 0. The first-order valence-corrected chi connectivity index (χ1v) is 8.39. The lowest BCUT2D eigenvalue weighted by Gasteiger charge is -2.14. The van der Waals surface area contributed by atoms with E-state index in [0.717, 1.165) is 0 Å². The molecule has 0 bridgehead atoms. The van der Waals surface area contributed by atoms with Gasteiger partial charge >= 0.3 is 5.97 Å². The lowest BCUT2D eigenvalue weighted by atomic mass is 10.0. The summed E-state index contributed by atoms with van der Waals surface area (Å²) in [6.07, 6.45) is -0.763. The Labute approximate surface area is 156 Å². The molecule has 6 heteroatoms. The van der Waals surface area contributed by atoms with Gasteiger partial charge in [0.25, 0.3) is 0 Å². The Balaban J connectivity index is 1.77. The fourth-order valence-corrected chi connectivity index (χ4v) is 2.77. The van der Waals surface area contributed by atoms with Crippen molar-refractivity contribution < 1.29 is 18.4 Å². The minimum Gasteiger partial charge on any atom is -0.457 e. The molecule has 136 valence electrons. The Morgan fingerprint density at radius 3 is 2.63 bits per heavy atom. The molecule has 0 aliphatic heterocycles. The van der Waals surface area contributed by atoms with E-state index in [9.17, 15) is 9.18 Å². The van der Waals surface area contributed by atoms with Crippen LogP contribution in [0, 0.1) is 24.1 Å². The molecule has 3 rings (SSSR count). The second kappa shape index (κ2) is 7.83. The second-order valence-electron chi connectivity index (χ2n) is 6.10. The predicted molar refractivity (Wildman–Crippen MR) is 96.0 cm³/mol. The molecule has 27 heavy (non-hydrogen) atoms. The Morgan fingerprint density at radius 1 is 1.26 bits per heavy atom. The standard InChI is InChI=1S/C21H17FN2O3/c1-13-18(21(27-24-13)16-9-7-15(12-23)8-10-16)11-20(25)26-14(2)17-5-3-4-6-19(17)22/h3-10,14H,11H2,1-2H3/t14-/m1/s1.